The molecule has 3 aromatic rings. The fraction of sp³-hybridized carbons (Fsp3) is 0.273. The van der Waals surface area contributed by atoms with Gasteiger partial charge in [0, 0.05) is 37.8 Å². The third-order valence-electron chi connectivity index (χ3n) is 2.65. The van der Waals surface area contributed by atoms with Crippen LogP contribution in [0.25, 0.3) is 5.65 Å². The van der Waals surface area contributed by atoms with Gasteiger partial charge in [-0.2, -0.15) is 0 Å². The summed E-state index contributed by atoms with van der Waals surface area (Å²) in [4.78, 5) is 11.5. The van der Waals surface area contributed by atoms with E-state index in [0.717, 1.165) is 36.7 Å². The molecule has 0 aliphatic carbocycles. The van der Waals surface area contributed by atoms with Crippen LogP contribution >= 0.6 is 0 Å². The highest BCUT2D eigenvalue weighted by Crippen LogP contribution is 2.09. The topological polar surface area (TPSA) is 83.8 Å². The first-order valence-electron chi connectivity index (χ1n) is 5.80. The van der Waals surface area contributed by atoms with Crippen molar-refractivity contribution >= 4 is 11.5 Å². The second-order valence-corrected chi connectivity index (χ2v) is 3.90. The zero-order valence-electron chi connectivity index (χ0n) is 9.74. The molecule has 0 aliphatic heterocycles. The lowest BCUT2D eigenvalue weighted by Crippen LogP contribution is -2.06. The summed E-state index contributed by atoms with van der Waals surface area (Å²) in [5.41, 5.74) is 0.746. The maximum absolute atomic E-state index is 4.26. The molecule has 2 N–H and O–H groups in total. The Morgan fingerprint density at radius 2 is 2.28 bits per heavy atom. The lowest BCUT2D eigenvalue weighted by molar-refractivity contribution is 0.813. The molecule has 0 radical (unpaired) electrons. The van der Waals surface area contributed by atoms with E-state index in [9.17, 15) is 0 Å². The lowest BCUT2D eigenvalue weighted by Gasteiger charge is -2.05. The van der Waals surface area contributed by atoms with E-state index in [1.165, 1.54) is 0 Å². The van der Waals surface area contributed by atoms with Crippen molar-refractivity contribution in [2.45, 2.75) is 12.8 Å². The molecule has 3 aromatic heterocycles. The maximum atomic E-state index is 4.26. The highest BCUT2D eigenvalue weighted by molar-refractivity contribution is 5.61. The molecule has 0 unspecified atom stereocenters. The number of imidazole rings is 1. The SMILES string of the molecule is c1c[nH]c(CCCNc2nccn3cnnc23)n1. The van der Waals surface area contributed by atoms with Gasteiger partial charge in [-0.05, 0) is 6.42 Å². The minimum absolute atomic E-state index is 0.746. The molecule has 0 saturated carbocycles. The summed E-state index contributed by atoms with van der Waals surface area (Å²) >= 11 is 0. The normalized spacial score (nSPS) is 10.9. The minimum Gasteiger partial charge on any atom is -0.367 e. The Labute approximate surface area is 103 Å². The average molecular weight is 243 g/mol. The van der Waals surface area contributed by atoms with E-state index >= 15 is 0 Å². The molecule has 0 bridgehead atoms. The van der Waals surface area contributed by atoms with Crippen molar-refractivity contribution in [3.8, 4) is 0 Å². The van der Waals surface area contributed by atoms with Crippen LogP contribution < -0.4 is 5.32 Å². The van der Waals surface area contributed by atoms with Gasteiger partial charge in [0.15, 0.2) is 5.82 Å². The fourth-order valence-electron chi connectivity index (χ4n) is 1.78. The molecule has 0 amide bonds. The zero-order valence-corrected chi connectivity index (χ0v) is 9.74. The highest BCUT2D eigenvalue weighted by atomic mass is 15.2. The Kier molecular flexibility index (Phi) is 2.87. The van der Waals surface area contributed by atoms with Gasteiger partial charge in [-0.15, -0.1) is 10.2 Å². The van der Waals surface area contributed by atoms with Crippen molar-refractivity contribution < 1.29 is 0 Å². The van der Waals surface area contributed by atoms with E-state index in [2.05, 4.69) is 30.5 Å². The van der Waals surface area contributed by atoms with Gasteiger partial charge in [-0.25, -0.2) is 9.97 Å². The van der Waals surface area contributed by atoms with Crippen LogP contribution in [0.15, 0.2) is 31.1 Å². The van der Waals surface area contributed by atoms with Crippen LogP contribution in [0.5, 0.6) is 0 Å². The molecule has 0 aliphatic rings. The monoisotopic (exact) mass is 243 g/mol. The average Bonchev–Trinajstić information content (AvgIpc) is 3.05. The molecule has 0 fully saturated rings. The zero-order chi connectivity index (χ0) is 12.2. The van der Waals surface area contributed by atoms with E-state index in [1.54, 1.807) is 18.7 Å². The van der Waals surface area contributed by atoms with Crippen molar-refractivity contribution in [3.63, 3.8) is 0 Å². The van der Waals surface area contributed by atoms with E-state index in [-0.39, 0.29) is 0 Å². The van der Waals surface area contributed by atoms with Crippen molar-refractivity contribution in [2.75, 3.05) is 11.9 Å². The number of fused-ring (bicyclic) bond motifs is 1. The number of hydrogen-bond acceptors (Lipinski definition) is 5. The lowest BCUT2D eigenvalue weighted by atomic mass is 10.3. The second-order valence-electron chi connectivity index (χ2n) is 3.90. The first kappa shape index (κ1) is 10.7. The van der Waals surface area contributed by atoms with Crippen LogP contribution in [0.3, 0.4) is 0 Å². The Morgan fingerprint density at radius 1 is 1.28 bits per heavy atom. The largest absolute Gasteiger partial charge is 0.367 e. The first-order valence-corrected chi connectivity index (χ1v) is 5.80. The first-order chi connectivity index (χ1) is 8.93. The number of aromatic nitrogens is 6. The van der Waals surface area contributed by atoms with Crippen LogP contribution in [-0.2, 0) is 6.42 Å². The molecule has 7 nitrogen and oxygen atoms in total. The van der Waals surface area contributed by atoms with E-state index in [1.807, 2.05) is 16.8 Å². The highest BCUT2D eigenvalue weighted by Gasteiger charge is 2.03. The third kappa shape index (κ3) is 2.15. The van der Waals surface area contributed by atoms with Gasteiger partial charge in [0.2, 0.25) is 5.65 Å². The van der Waals surface area contributed by atoms with Gasteiger partial charge in [0.05, 0.1) is 0 Å². The summed E-state index contributed by atoms with van der Waals surface area (Å²) < 4.78 is 1.84. The second kappa shape index (κ2) is 4.82. The number of nitrogens with zero attached hydrogens (tertiary/aromatic N) is 5. The van der Waals surface area contributed by atoms with E-state index in [4.69, 9.17) is 0 Å². The Hall–Kier alpha value is -2.44. The summed E-state index contributed by atoms with van der Waals surface area (Å²) in [5.74, 6) is 1.76. The van der Waals surface area contributed by atoms with Crippen molar-refractivity contribution in [1.82, 2.24) is 29.5 Å². The van der Waals surface area contributed by atoms with Gasteiger partial charge in [0.25, 0.3) is 0 Å². The summed E-state index contributed by atoms with van der Waals surface area (Å²) in [6.45, 7) is 0.820. The number of anilines is 1. The Bertz CT molecular complexity index is 613. The summed E-state index contributed by atoms with van der Waals surface area (Å²) in [7, 11) is 0. The third-order valence-corrected chi connectivity index (χ3v) is 2.65. The molecule has 3 rings (SSSR count). The molecule has 0 aromatic carbocycles. The molecule has 0 atom stereocenters. The summed E-state index contributed by atoms with van der Waals surface area (Å²) in [6.07, 6.45) is 10.7. The van der Waals surface area contributed by atoms with Crippen molar-refractivity contribution in [3.05, 3.63) is 36.9 Å². The van der Waals surface area contributed by atoms with Crippen LogP contribution in [0.2, 0.25) is 0 Å². The van der Waals surface area contributed by atoms with E-state index in [0.29, 0.717) is 0 Å². The fourth-order valence-corrected chi connectivity index (χ4v) is 1.78. The van der Waals surface area contributed by atoms with Crippen molar-refractivity contribution in [1.29, 1.82) is 0 Å². The van der Waals surface area contributed by atoms with Gasteiger partial charge >= 0.3 is 0 Å². The van der Waals surface area contributed by atoms with Crippen LogP contribution in [0, 0.1) is 0 Å². The van der Waals surface area contributed by atoms with E-state index < -0.39 is 0 Å². The number of H-pyrrole nitrogens is 1. The summed E-state index contributed by atoms with van der Waals surface area (Å²) in [6, 6.07) is 0. The Balaban J connectivity index is 1.58. The van der Waals surface area contributed by atoms with Gasteiger partial charge < -0.3 is 10.3 Å². The van der Waals surface area contributed by atoms with Gasteiger partial charge in [-0.1, -0.05) is 0 Å². The van der Waals surface area contributed by atoms with Crippen LogP contribution in [0.1, 0.15) is 12.2 Å². The number of rotatable bonds is 5. The number of nitrogens with one attached hydrogen (secondary N) is 2. The molecule has 0 saturated heterocycles. The molecule has 18 heavy (non-hydrogen) atoms. The number of aryl methyl sites for hydroxylation is 1. The van der Waals surface area contributed by atoms with Gasteiger partial charge in [-0.3, -0.25) is 4.40 Å². The summed E-state index contributed by atoms with van der Waals surface area (Å²) in [5, 5.41) is 11.1. The standard InChI is InChI=1S/C11H13N7/c1(2-9-12-4-5-13-9)3-14-10-11-17-16-8-18(11)7-6-15-10/h4-8H,1-3H2,(H,12,13)(H,14,15). The molecule has 3 heterocycles. The predicted octanol–water partition coefficient (Wildman–Crippen LogP) is 0.892. The quantitative estimate of drug-likeness (QED) is 0.650. The molecular weight excluding hydrogens is 230 g/mol. The molecule has 0 spiro atoms. The smallest absolute Gasteiger partial charge is 0.203 e. The molecule has 92 valence electrons. The maximum Gasteiger partial charge on any atom is 0.203 e. The minimum atomic E-state index is 0.746. The predicted molar refractivity (Wildman–Crippen MR) is 66.2 cm³/mol. The number of aromatic amines is 1. The molecule has 7 heteroatoms. The number of hydrogen-bond donors (Lipinski definition) is 2. The molecular formula is C11H13N7. The van der Waals surface area contributed by atoms with Crippen LogP contribution in [-0.4, -0.2) is 36.1 Å². The van der Waals surface area contributed by atoms with Crippen molar-refractivity contribution in [2.24, 2.45) is 0 Å². The van der Waals surface area contributed by atoms with Gasteiger partial charge in [0.1, 0.15) is 12.2 Å². The van der Waals surface area contributed by atoms with Crippen LogP contribution in [0.4, 0.5) is 5.82 Å². The Morgan fingerprint density at radius 3 is 3.17 bits per heavy atom.